The number of hydrogen-bond donors (Lipinski definition) is 1. The lowest BCUT2D eigenvalue weighted by Gasteiger charge is -2.34. The summed E-state index contributed by atoms with van der Waals surface area (Å²) in [5.74, 6) is 0.513. The fraction of sp³-hybridized carbons (Fsp3) is 0.571. The molecule has 0 bridgehead atoms. The van der Waals surface area contributed by atoms with Crippen molar-refractivity contribution in [3.05, 3.63) is 22.2 Å². The third-order valence-corrected chi connectivity index (χ3v) is 6.56. The van der Waals surface area contributed by atoms with Crippen molar-refractivity contribution in [1.29, 1.82) is 0 Å². The van der Waals surface area contributed by atoms with Crippen molar-refractivity contribution in [2.24, 2.45) is 5.73 Å². The molecule has 0 aliphatic carbocycles. The molecule has 0 amide bonds. The van der Waals surface area contributed by atoms with Crippen molar-refractivity contribution in [2.45, 2.75) is 36.6 Å². The maximum Gasteiger partial charge on any atom is 0.247 e. The Balaban J connectivity index is 2.06. The van der Waals surface area contributed by atoms with Gasteiger partial charge in [0.1, 0.15) is 10.6 Å². The summed E-state index contributed by atoms with van der Waals surface area (Å²) < 4.78 is 34.0. The van der Waals surface area contributed by atoms with E-state index < -0.39 is 10.0 Å². The van der Waals surface area contributed by atoms with Crippen LogP contribution in [0.4, 0.5) is 0 Å². The third-order valence-electron chi connectivity index (χ3n) is 4.15. The van der Waals surface area contributed by atoms with Crippen molar-refractivity contribution >= 4 is 26.0 Å². The number of halogens is 1. The summed E-state index contributed by atoms with van der Waals surface area (Å²) in [6, 6.07) is 3.46. The van der Waals surface area contributed by atoms with Crippen LogP contribution in [0, 0.1) is 0 Å². The van der Waals surface area contributed by atoms with E-state index in [1.807, 2.05) is 6.07 Å². The van der Waals surface area contributed by atoms with E-state index >= 15 is 0 Å². The molecule has 1 atom stereocenters. The Morgan fingerprint density at radius 3 is 2.95 bits per heavy atom. The first-order chi connectivity index (χ1) is 10.0. The van der Waals surface area contributed by atoms with Crippen molar-refractivity contribution in [3.8, 4) is 5.75 Å². The number of sulfonamides is 1. The molecular weight excluding hydrogens is 356 g/mol. The van der Waals surface area contributed by atoms with Gasteiger partial charge in [-0.05, 0) is 25.0 Å². The molecule has 1 fully saturated rings. The van der Waals surface area contributed by atoms with E-state index in [1.165, 1.54) is 0 Å². The standard InChI is InChI=1S/C14H19BrN2O3S/c15-11-7-10-4-6-20-14(10)13(8-11)21(18,19)17-5-2-1-3-12(17)9-16/h7-8,12H,1-6,9,16H2. The molecule has 1 unspecified atom stereocenters. The lowest BCUT2D eigenvalue weighted by atomic mass is 10.1. The van der Waals surface area contributed by atoms with Crippen molar-refractivity contribution in [1.82, 2.24) is 4.31 Å². The number of ether oxygens (including phenoxy) is 1. The molecule has 21 heavy (non-hydrogen) atoms. The van der Waals surface area contributed by atoms with Gasteiger partial charge in [0.15, 0.2) is 0 Å². The summed E-state index contributed by atoms with van der Waals surface area (Å²) in [5, 5.41) is 0. The third kappa shape index (κ3) is 2.72. The van der Waals surface area contributed by atoms with Crippen LogP contribution in [0.5, 0.6) is 5.75 Å². The number of fused-ring (bicyclic) bond motifs is 1. The molecule has 2 N–H and O–H groups in total. The van der Waals surface area contributed by atoms with Gasteiger partial charge in [-0.2, -0.15) is 4.31 Å². The van der Waals surface area contributed by atoms with Crippen LogP contribution in [0.25, 0.3) is 0 Å². The minimum absolute atomic E-state index is 0.111. The normalized spacial score (nSPS) is 22.9. The number of rotatable bonds is 3. The van der Waals surface area contributed by atoms with Crippen LogP contribution >= 0.6 is 15.9 Å². The molecule has 0 saturated carbocycles. The van der Waals surface area contributed by atoms with Crippen LogP contribution in [-0.2, 0) is 16.4 Å². The highest BCUT2D eigenvalue weighted by molar-refractivity contribution is 9.10. The first-order valence-corrected chi connectivity index (χ1v) is 9.44. The van der Waals surface area contributed by atoms with Gasteiger partial charge in [0, 0.05) is 35.6 Å². The van der Waals surface area contributed by atoms with Crippen molar-refractivity contribution in [2.75, 3.05) is 19.7 Å². The molecule has 1 aromatic carbocycles. The molecule has 0 radical (unpaired) electrons. The SMILES string of the molecule is NCC1CCCCN1S(=O)(=O)c1cc(Br)cc2c1OCC2. The van der Waals surface area contributed by atoms with Crippen molar-refractivity contribution in [3.63, 3.8) is 0 Å². The quantitative estimate of drug-likeness (QED) is 0.876. The number of nitrogens with zero attached hydrogens (tertiary/aromatic N) is 1. The summed E-state index contributed by atoms with van der Waals surface area (Å²) in [6.45, 7) is 1.43. The van der Waals surface area contributed by atoms with Gasteiger partial charge in [-0.1, -0.05) is 22.4 Å². The van der Waals surface area contributed by atoms with Gasteiger partial charge < -0.3 is 10.5 Å². The number of benzene rings is 1. The second-order valence-electron chi connectivity index (χ2n) is 5.49. The summed E-state index contributed by atoms with van der Waals surface area (Å²) in [6.07, 6.45) is 3.48. The summed E-state index contributed by atoms with van der Waals surface area (Å²) in [4.78, 5) is 0.268. The molecule has 2 aliphatic heterocycles. The fourth-order valence-electron chi connectivity index (χ4n) is 3.08. The van der Waals surface area contributed by atoms with E-state index in [4.69, 9.17) is 10.5 Å². The monoisotopic (exact) mass is 374 g/mol. The predicted molar refractivity (Wildman–Crippen MR) is 83.9 cm³/mol. The maximum absolute atomic E-state index is 13.0. The van der Waals surface area contributed by atoms with E-state index in [1.54, 1.807) is 10.4 Å². The van der Waals surface area contributed by atoms with Crippen LogP contribution in [0.1, 0.15) is 24.8 Å². The van der Waals surface area contributed by atoms with Gasteiger partial charge in [-0.3, -0.25) is 0 Å². The van der Waals surface area contributed by atoms with Gasteiger partial charge in [-0.15, -0.1) is 0 Å². The van der Waals surface area contributed by atoms with E-state index in [9.17, 15) is 8.42 Å². The molecule has 1 aromatic rings. The van der Waals surface area contributed by atoms with Crippen molar-refractivity contribution < 1.29 is 13.2 Å². The number of hydrogen-bond acceptors (Lipinski definition) is 4. The fourth-order valence-corrected chi connectivity index (χ4v) is 5.64. The van der Waals surface area contributed by atoms with Crippen LogP contribution in [0.15, 0.2) is 21.5 Å². The van der Waals surface area contributed by atoms with Crippen LogP contribution in [0.2, 0.25) is 0 Å². The Kier molecular flexibility index (Phi) is 4.27. The molecule has 1 saturated heterocycles. The summed E-state index contributed by atoms with van der Waals surface area (Å²) in [7, 11) is -3.57. The first-order valence-electron chi connectivity index (χ1n) is 7.21. The van der Waals surface area contributed by atoms with Gasteiger partial charge in [0.05, 0.1) is 6.61 Å². The maximum atomic E-state index is 13.0. The molecule has 2 aliphatic rings. The Labute approximate surface area is 133 Å². The molecule has 2 heterocycles. The van der Waals surface area contributed by atoms with Gasteiger partial charge in [-0.25, -0.2) is 8.42 Å². The first kappa shape index (κ1) is 15.3. The zero-order valence-corrected chi connectivity index (χ0v) is 14.1. The molecular formula is C14H19BrN2O3S. The highest BCUT2D eigenvalue weighted by Gasteiger charge is 2.36. The lowest BCUT2D eigenvalue weighted by Crippen LogP contribution is -2.47. The second kappa shape index (κ2) is 5.87. The largest absolute Gasteiger partial charge is 0.492 e. The van der Waals surface area contributed by atoms with Gasteiger partial charge >= 0.3 is 0 Å². The highest BCUT2D eigenvalue weighted by atomic mass is 79.9. The topological polar surface area (TPSA) is 72.6 Å². The predicted octanol–water partition coefficient (Wildman–Crippen LogP) is 1.89. The van der Waals surface area contributed by atoms with E-state index in [-0.39, 0.29) is 10.9 Å². The Morgan fingerprint density at radius 1 is 1.38 bits per heavy atom. The van der Waals surface area contributed by atoms with E-state index in [0.717, 1.165) is 35.7 Å². The van der Waals surface area contributed by atoms with Gasteiger partial charge in [0.25, 0.3) is 0 Å². The summed E-state index contributed by atoms with van der Waals surface area (Å²) in [5.41, 5.74) is 6.71. The smallest absolute Gasteiger partial charge is 0.247 e. The molecule has 3 rings (SSSR count). The van der Waals surface area contributed by atoms with Crippen LogP contribution in [0.3, 0.4) is 0 Å². The minimum Gasteiger partial charge on any atom is -0.492 e. The Morgan fingerprint density at radius 2 is 2.19 bits per heavy atom. The lowest BCUT2D eigenvalue weighted by molar-refractivity contribution is 0.256. The second-order valence-corrected chi connectivity index (χ2v) is 8.27. The molecule has 0 spiro atoms. The number of nitrogens with two attached hydrogens (primary N) is 1. The molecule has 0 aromatic heterocycles. The van der Waals surface area contributed by atoms with Crippen LogP contribution in [-0.4, -0.2) is 38.5 Å². The highest BCUT2D eigenvalue weighted by Crippen LogP contribution is 2.38. The Bertz CT molecular complexity index is 648. The van der Waals surface area contributed by atoms with Crippen LogP contribution < -0.4 is 10.5 Å². The van der Waals surface area contributed by atoms with E-state index in [2.05, 4.69) is 15.9 Å². The molecule has 5 nitrogen and oxygen atoms in total. The molecule has 116 valence electrons. The number of piperidine rings is 1. The average Bonchev–Trinajstić information content (AvgIpc) is 2.94. The average molecular weight is 375 g/mol. The zero-order chi connectivity index (χ0) is 15.0. The summed E-state index contributed by atoms with van der Waals surface area (Å²) >= 11 is 3.40. The molecule has 7 heteroatoms. The zero-order valence-electron chi connectivity index (χ0n) is 11.7. The minimum atomic E-state index is -3.57. The van der Waals surface area contributed by atoms with Gasteiger partial charge in [0.2, 0.25) is 10.0 Å². The van der Waals surface area contributed by atoms with E-state index in [0.29, 0.717) is 25.4 Å². The Hall–Kier alpha value is -0.630.